The van der Waals surface area contributed by atoms with E-state index in [1.54, 1.807) is 11.3 Å². The molecule has 0 saturated heterocycles. The molecule has 0 bridgehead atoms. The number of thiophene rings is 1. The van der Waals surface area contributed by atoms with Crippen LogP contribution >= 0.6 is 46.9 Å². The Morgan fingerprint density at radius 1 is 1.37 bits per heavy atom. The van der Waals surface area contributed by atoms with Crippen molar-refractivity contribution in [2.75, 3.05) is 7.05 Å². The lowest BCUT2D eigenvalue weighted by atomic mass is 9.96. The van der Waals surface area contributed by atoms with Crippen molar-refractivity contribution in [3.63, 3.8) is 0 Å². The minimum atomic E-state index is 0. The van der Waals surface area contributed by atoms with Gasteiger partial charge < -0.3 is 10.6 Å². The summed E-state index contributed by atoms with van der Waals surface area (Å²) in [6.07, 6.45) is 6.54. The summed E-state index contributed by atoms with van der Waals surface area (Å²) in [4.78, 5) is 5.50. The highest BCUT2D eigenvalue weighted by Gasteiger charge is 2.14. The van der Waals surface area contributed by atoms with E-state index in [2.05, 4.69) is 15.6 Å². The molecule has 0 spiro atoms. The van der Waals surface area contributed by atoms with E-state index in [0.29, 0.717) is 6.04 Å². The summed E-state index contributed by atoms with van der Waals surface area (Å²) in [7, 11) is 1.82. The fourth-order valence-electron chi connectivity index (χ4n) is 2.25. The topological polar surface area (TPSA) is 36.4 Å². The van der Waals surface area contributed by atoms with Crippen molar-refractivity contribution in [3.8, 4) is 0 Å². The Hall–Kier alpha value is -0.0100. The minimum Gasteiger partial charge on any atom is -0.354 e. The van der Waals surface area contributed by atoms with E-state index in [1.807, 2.05) is 19.2 Å². The molecule has 2 N–H and O–H groups in total. The van der Waals surface area contributed by atoms with Crippen LogP contribution in [0.15, 0.2) is 17.1 Å². The molecule has 108 valence electrons. The molecule has 0 radical (unpaired) electrons. The summed E-state index contributed by atoms with van der Waals surface area (Å²) in [6.45, 7) is 0.782. The average molecular weight is 414 g/mol. The number of nitrogens with zero attached hydrogens (tertiary/aromatic N) is 1. The summed E-state index contributed by atoms with van der Waals surface area (Å²) in [5, 5.41) is 6.83. The maximum Gasteiger partial charge on any atom is 0.191 e. The molecule has 0 amide bonds. The number of halogens is 2. The maximum atomic E-state index is 5.91. The Bertz CT molecular complexity index is 402. The second-order valence-corrected chi connectivity index (χ2v) is 6.41. The van der Waals surface area contributed by atoms with Gasteiger partial charge in [0.15, 0.2) is 5.96 Å². The third kappa shape index (κ3) is 5.87. The van der Waals surface area contributed by atoms with Crippen molar-refractivity contribution in [2.24, 2.45) is 4.99 Å². The molecule has 1 aliphatic rings. The highest BCUT2D eigenvalue weighted by molar-refractivity contribution is 14.0. The highest BCUT2D eigenvalue weighted by atomic mass is 127. The molecule has 1 fully saturated rings. The summed E-state index contributed by atoms with van der Waals surface area (Å²) >= 11 is 7.52. The first-order chi connectivity index (χ1) is 8.78. The molecule has 1 saturated carbocycles. The van der Waals surface area contributed by atoms with Gasteiger partial charge in [0.25, 0.3) is 0 Å². The van der Waals surface area contributed by atoms with E-state index in [0.717, 1.165) is 16.8 Å². The Kier molecular flexibility index (Phi) is 8.09. The van der Waals surface area contributed by atoms with Gasteiger partial charge >= 0.3 is 0 Å². The number of hydrogen-bond donors (Lipinski definition) is 2. The first-order valence-corrected chi connectivity index (χ1v) is 7.69. The van der Waals surface area contributed by atoms with Crippen molar-refractivity contribution >= 4 is 52.9 Å². The summed E-state index contributed by atoms with van der Waals surface area (Å²) in [5.41, 5.74) is 0. The highest BCUT2D eigenvalue weighted by Crippen LogP contribution is 2.21. The van der Waals surface area contributed by atoms with E-state index in [1.165, 1.54) is 37.0 Å². The van der Waals surface area contributed by atoms with Crippen LogP contribution in [0.2, 0.25) is 4.34 Å². The van der Waals surface area contributed by atoms with Crippen LogP contribution in [0.4, 0.5) is 0 Å². The summed E-state index contributed by atoms with van der Waals surface area (Å²) in [6, 6.07) is 4.56. The van der Waals surface area contributed by atoms with Crippen LogP contribution in [0.5, 0.6) is 0 Å². The standard InChI is InChI=1S/C13H20ClN3S.HI/c1-15-13(17-10-5-3-2-4-6-10)16-9-11-7-8-12(14)18-11;/h7-8,10H,2-6,9H2,1H3,(H2,15,16,17);1H. The second-order valence-electron chi connectivity index (χ2n) is 4.61. The fraction of sp³-hybridized carbons (Fsp3) is 0.615. The number of hydrogen-bond acceptors (Lipinski definition) is 2. The van der Waals surface area contributed by atoms with Gasteiger partial charge in [-0.1, -0.05) is 30.9 Å². The van der Waals surface area contributed by atoms with Gasteiger partial charge in [0, 0.05) is 18.0 Å². The largest absolute Gasteiger partial charge is 0.354 e. The zero-order chi connectivity index (χ0) is 12.8. The quantitative estimate of drug-likeness (QED) is 0.446. The SMILES string of the molecule is CN=C(NCc1ccc(Cl)s1)NC1CCCCC1.I. The van der Waals surface area contributed by atoms with Gasteiger partial charge in [-0.3, -0.25) is 4.99 Å². The molecule has 0 aromatic carbocycles. The van der Waals surface area contributed by atoms with E-state index >= 15 is 0 Å². The molecule has 1 heterocycles. The molecule has 0 aliphatic heterocycles. The van der Waals surface area contributed by atoms with Crippen LogP contribution in [0.25, 0.3) is 0 Å². The molecule has 1 aromatic heterocycles. The summed E-state index contributed by atoms with van der Waals surface area (Å²) < 4.78 is 0.835. The fourth-order valence-corrected chi connectivity index (χ4v) is 3.28. The average Bonchev–Trinajstić information content (AvgIpc) is 2.81. The van der Waals surface area contributed by atoms with Crippen LogP contribution in [0, 0.1) is 0 Å². The number of rotatable bonds is 3. The van der Waals surface area contributed by atoms with E-state index in [4.69, 9.17) is 11.6 Å². The molecular formula is C13H21ClIN3S. The molecule has 2 rings (SSSR count). The number of nitrogens with one attached hydrogen (secondary N) is 2. The van der Waals surface area contributed by atoms with Crippen LogP contribution in [0.1, 0.15) is 37.0 Å². The second kappa shape index (κ2) is 9.02. The first-order valence-electron chi connectivity index (χ1n) is 6.49. The third-order valence-electron chi connectivity index (χ3n) is 3.23. The zero-order valence-corrected chi connectivity index (χ0v) is 15.0. The van der Waals surface area contributed by atoms with Crippen LogP contribution in [-0.4, -0.2) is 19.0 Å². The molecule has 1 aromatic rings. The van der Waals surface area contributed by atoms with Crippen molar-refractivity contribution in [3.05, 3.63) is 21.3 Å². The normalized spacial score (nSPS) is 16.8. The zero-order valence-electron chi connectivity index (χ0n) is 11.1. The van der Waals surface area contributed by atoms with Gasteiger partial charge in [-0.2, -0.15) is 0 Å². The monoisotopic (exact) mass is 413 g/mol. The molecule has 0 atom stereocenters. The molecule has 19 heavy (non-hydrogen) atoms. The minimum absolute atomic E-state index is 0. The predicted molar refractivity (Wildman–Crippen MR) is 95.0 cm³/mol. The Morgan fingerprint density at radius 2 is 2.11 bits per heavy atom. The Balaban J connectivity index is 0.00000180. The number of guanidine groups is 1. The Morgan fingerprint density at radius 3 is 2.68 bits per heavy atom. The van der Waals surface area contributed by atoms with E-state index < -0.39 is 0 Å². The van der Waals surface area contributed by atoms with Crippen LogP contribution < -0.4 is 10.6 Å². The lowest BCUT2D eigenvalue weighted by molar-refractivity contribution is 0.410. The van der Waals surface area contributed by atoms with Crippen molar-refractivity contribution in [2.45, 2.75) is 44.7 Å². The maximum absolute atomic E-state index is 5.91. The van der Waals surface area contributed by atoms with Crippen molar-refractivity contribution < 1.29 is 0 Å². The van der Waals surface area contributed by atoms with Gasteiger partial charge in [-0.25, -0.2) is 0 Å². The third-order valence-corrected chi connectivity index (χ3v) is 4.46. The van der Waals surface area contributed by atoms with Gasteiger partial charge in [-0.05, 0) is 25.0 Å². The summed E-state index contributed by atoms with van der Waals surface area (Å²) in [5.74, 6) is 0.895. The molecule has 3 nitrogen and oxygen atoms in total. The van der Waals surface area contributed by atoms with E-state index in [-0.39, 0.29) is 24.0 Å². The van der Waals surface area contributed by atoms with Crippen molar-refractivity contribution in [1.82, 2.24) is 10.6 Å². The molecular weight excluding hydrogens is 393 g/mol. The van der Waals surface area contributed by atoms with Gasteiger partial charge in [-0.15, -0.1) is 35.3 Å². The molecule has 6 heteroatoms. The lowest BCUT2D eigenvalue weighted by Crippen LogP contribution is -2.43. The first kappa shape index (κ1) is 17.0. The molecule has 1 aliphatic carbocycles. The Labute approximate surface area is 141 Å². The van der Waals surface area contributed by atoms with Gasteiger partial charge in [0.1, 0.15) is 0 Å². The molecule has 0 unspecified atom stereocenters. The smallest absolute Gasteiger partial charge is 0.191 e. The van der Waals surface area contributed by atoms with E-state index in [9.17, 15) is 0 Å². The van der Waals surface area contributed by atoms with Crippen molar-refractivity contribution in [1.29, 1.82) is 0 Å². The van der Waals surface area contributed by atoms with Gasteiger partial charge in [0.2, 0.25) is 0 Å². The predicted octanol–water partition coefficient (Wildman–Crippen LogP) is 4.02. The number of aliphatic imine (C=N–C) groups is 1. The van der Waals surface area contributed by atoms with Crippen LogP contribution in [-0.2, 0) is 6.54 Å². The lowest BCUT2D eigenvalue weighted by Gasteiger charge is -2.24. The van der Waals surface area contributed by atoms with Crippen LogP contribution in [0.3, 0.4) is 0 Å². The van der Waals surface area contributed by atoms with Gasteiger partial charge in [0.05, 0.1) is 10.9 Å².